The predicted molar refractivity (Wildman–Crippen MR) is 112 cm³/mol. The minimum atomic E-state index is -4.45. The molecule has 9 heteroatoms. The van der Waals surface area contributed by atoms with Crippen molar-refractivity contribution in [1.82, 2.24) is 10.2 Å². The number of piperazine rings is 1. The first-order valence-electron chi connectivity index (χ1n) is 10.8. The van der Waals surface area contributed by atoms with Crippen molar-refractivity contribution in [3.05, 3.63) is 53.5 Å². The molecule has 1 aromatic heterocycles. The zero-order valence-corrected chi connectivity index (χ0v) is 18.0. The average molecular weight is 449 g/mol. The number of fused-ring (bicyclic) bond motifs is 3. The Morgan fingerprint density at radius 3 is 2.69 bits per heavy atom. The lowest BCUT2D eigenvalue weighted by Crippen LogP contribution is -2.62. The van der Waals surface area contributed by atoms with Crippen molar-refractivity contribution in [2.75, 3.05) is 24.5 Å². The molecule has 0 saturated carbocycles. The summed E-state index contributed by atoms with van der Waals surface area (Å²) in [6, 6.07) is 6.56. The van der Waals surface area contributed by atoms with E-state index in [4.69, 9.17) is 4.42 Å². The van der Waals surface area contributed by atoms with Crippen LogP contribution < -0.4 is 10.2 Å². The zero-order chi connectivity index (χ0) is 23.0. The summed E-state index contributed by atoms with van der Waals surface area (Å²) in [5.41, 5.74) is 0.481. The van der Waals surface area contributed by atoms with Gasteiger partial charge in [0, 0.05) is 31.4 Å². The van der Waals surface area contributed by atoms with Crippen LogP contribution in [0.5, 0.6) is 0 Å². The molecule has 1 N–H and O–H groups in total. The van der Waals surface area contributed by atoms with E-state index in [9.17, 15) is 22.8 Å². The second kappa shape index (κ2) is 8.52. The van der Waals surface area contributed by atoms with Crippen LogP contribution in [0.3, 0.4) is 0 Å². The number of hydrogen-bond donors (Lipinski definition) is 1. The standard InChI is InChI=1S/C23H26F3N3O3/c1-3-14(2)27-21(30)17-12-15-11-16(23(24,25)26)6-7-18(15)29-9-8-28(13-19(17)29)22(31)20-5-4-10-32-20/h4-7,10-11,14,17,19H,3,8-9,12-13H2,1-2H3,(H,27,30). The van der Waals surface area contributed by atoms with Crippen LogP contribution in [0.1, 0.15) is 41.9 Å². The summed E-state index contributed by atoms with van der Waals surface area (Å²) in [5.74, 6) is -0.809. The van der Waals surface area contributed by atoms with Gasteiger partial charge >= 0.3 is 6.18 Å². The van der Waals surface area contributed by atoms with E-state index in [1.807, 2.05) is 18.7 Å². The lowest BCUT2D eigenvalue weighted by molar-refractivity contribution is -0.137. The normalized spacial score (nSPS) is 21.5. The smallest absolute Gasteiger partial charge is 0.416 e. The number of alkyl halides is 3. The van der Waals surface area contributed by atoms with Gasteiger partial charge in [0.05, 0.1) is 23.8 Å². The Morgan fingerprint density at radius 2 is 2.03 bits per heavy atom. The summed E-state index contributed by atoms with van der Waals surface area (Å²) in [4.78, 5) is 29.6. The third-order valence-corrected chi connectivity index (χ3v) is 6.40. The molecule has 3 atom stereocenters. The minimum Gasteiger partial charge on any atom is -0.459 e. The third kappa shape index (κ3) is 4.20. The van der Waals surface area contributed by atoms with E-state index < -0.39 is 17.7 Å². The topological polar surface area (TPSA) is 65.8 Å². The van der Waals surface area contributed by atoms with Crippen LogP contribution in [0.25, 0.3) is 0 Å². The van der Waals surface area contributed by atoms with Gasteiger partial charge in [-0.2, -0.15) is 13.2 Å². The quantitative estimate of drug-likeness (QED) is 0.773. The van der Waals surface area contributed by atoms with E-state index in [1.54, 1.807) is 17.0 Å². The van der Waals surface area contributed by atoms with Crippen LogP contribution in [-0.2, 0) is 17.4 Å². The Labute approximate surface area is 184 Å². The molecule has 1 saturated heterocycles. The Kier molecular flexibility index (Phi) is 5.92. The number of carbonyl (C=O) groups excluding carboxylic acids is 2. The van der Waals surface area contributed by atoms with Gasteiger partial charge < -0.3 is 19.5 Å². The summed E-state index contributed by atoms with van der Waals surface area (Å²) in [5, 5.41) is 2.97. The molecule has 2 amide bonds. The average Bonchev–Trinajstić information content (AvgIpc) is 3.31. The largest absolute Gasteiger partial charge is 0.459 e. The van der Waals surface area contributed by atoms with Crippen LogP contribution in [-0.4, -0.2) is 48.4 Å². The summed E-state index contributed by atoms with van der Waals surface area (Å²) in [7, 11) is 0. The van der Waals surface area contributed by atoms with Gasteiger partial charge in [0.15, 0.2) is 5.76 Å². The maximum absolute atomic E-state index is 13.3. The SMILES string of the molecule is CCC(C)NC(=O)C1Cc2cc(C(F)(F)F)ccc2N2CCN(C(=O)c3ccco3)CC12. The number of furan rings is 1. The van der Waals surface area contributed by atoms with Gasteiger partial charge in [-0.25, -0.2) is 0 Å². The lowest BCUT2D eigenvalue weighted by atomic mass is 9.82. The molecule has 0 spiro atoms. The molecule has 1 fully saturated rings. The summed E-state index contributed by atoms with van der Waals surface area (Å²) < 4.78 is 45.1. The molecular weight excluding hydrogens is 423 g/mol. The molecule has 0 aliphatic carbocycles. The van der Waals surface area contributed by atoms with Crippen molar-refractivity contribution in [1.29, 1.82) is 0 Å². The second-order valence-electron chi connectivity index (χ2n) is 8.46. The fourth-order valence-corrected chi connectivity index (χ4v) is 4.49. The Hall–Kier alpha value is -2.97. The number of halogens is 3. The molecule has 172 valence electrons. The highest BCUT2D eigenvalue weighted by Gasteiger charge is 2.44. The summed E-state index contributed by atoms with van der Waals surface area (Å²) >= 11 is 0. The highest BCUT2D eigenvalue weighted by atomic mass is 19.4. The summed E-state index contributed by atoms with van der Waals surface area (Å²) in [6.45, 7) is 4.94. The first-order valence-corrected chi connectivity index (χ1v) is 10.8. The molecule has 2 aliphatic rings. The van der Waals surface area contributed by atoms with Crippen molar-refractivity contribution in [3.63, 3.8) is 0 Å². The van der Waals surface area contributed by atoms with Crippen molar-refractivity contribution < 1.29 is 27.2 Å². The monoisotopic (exact) mass is 449 g/mol. The molecule has 2 aromatic rings. The predicted octanol–water partition coefficient (Wildman–Crippen LogP) is 3.72. The van der Waals surface area contributed by atoms with E-state index >= 15 is 0 Å². The highest BCUT2D eigenvalue weighted by Crippen LogP contribution is 2.40. The minimum absolute atomic E-state index is 0.0525. The van der Waals surface area contributed by atoms with Gasteiger partial charge in [-0.05, 0) is 55.7 Å². The number of rotatable bonds is 4. The number of nitrogens with one attached hydrogen (secondary N) is 1. The van der Waals surface area contributed by atoms with Crippen LogP contribution in [0.2, 0.25) is 0 Å². The zero-order valence-electron chi connectivity index (χ0n) is 18.0. The van der Waals surface area contributed by atoms with E-state index in [1.165, 1.54) is 12.3 Å². The maximum atomic E-state index is 13.3. The first kappa shape index (κ1) is 22.2. The molecule has 1 aromatic carbocycles. The van der Waals surface area contributed by atoms with Crippen LogP contribution in [0.4, 0.5) is 18.9 Å². The van der Waals surface area contributed by atoms with Crippen LogP contribution >= 0.6 is 0 Å². The number of hydrogen-bond acceptors (Lipinski definition) is 4. The van der Waals surface area contributed by atoms with Gasteiger partial charge in [0.25, 0.3) is 5.91 Å². The Bertz CT molecular complexity index is 990. The van der Waals surface area contributed by atoms with E-state index in [0.29, 0.717) is 30.9 Å². The molecule has 3 heterocycles. The van der Waals surface area contributed by atoms with Crippen molar-refractivity contribution in [2.24, 2.45) is 5.92 Å². The fourth-order valence-electron chi connectivity index (χ4n) is 4.49. The molecule has 3 unspecified atom stereocenters. The van der Waals surface area contributed by atoms with Crippen molar-refractivity contribution in [2.45, 2.75) is 44.9 Å². The molecule has 0 bridgehead atoms. The first-order chi connectivity index (χ1) is 15.2. The summed E-state index contributed by atoms with van der Waals surface area (Å²) in [6.07, 6.45) is -2.09. The van der Waals surface area contributed by atoms with E-state index in [0.717, 1.165) is 18.6 Å². The van der Waals surface area contributed by atoms with Gasteiger partial charge in [-0.1, -0.05) is 6.92 Å². The Balaban J connectivity index is 1.66. The molecule has 6 nitrogen and oxygen atoms in total. The number of nitrogens with zero attached hydrogens (tertiary/aromatic N) is 2. The molecular formula is C23H26F3N3O3. The fraction of sp³-hybridized carbons (Fsp3) is 0.478. The van der Waals surface area contributed by atoms with Gasteiger partial charge in [0.1, 0.15) is 0 Å². The van der Waals surface area contributed by atoms with E-state index in [-0.39, 0.29) is 36.1 Å². The second-order valence-corrected chi connectivity index (χ2v) is 8.46. The lowest BCUT2D eigenvalue weighted by Gasteiger charge is -2.49. The van der Waals surface area contributed by atoms with Crippen LogP contribution in [0.15, 0.2) is 41.0 Å². The third-order valence-electron chi connectivity index (χ3n) is 6.40. The molecule has 4 rings (SSSR count). The number of anilines is 1. The highest BCUT2D eigenvalue weighted by molar-refractivity contribution is 5.92. The molecule has 32 heavy (non-hydrogen) atoms. The maximum Gasteiger partial charge on any atom is 0.416 e. The van der Waals surface area contributed by atoms with Crippen LogP contribution in [0, 0.1) is 5.92 Å². The number of benzene rings is 1. The van der Waals surface area contributed by atoms with Gasteiger partial charge in [-0.3, -0.25) is 9.59 Å². The van der Waals surface area contributed by atoms with Gasteiger partial charge in [0.2, 0.25) is 5.91 Å². The van der Waals surface area contributed by atoms with Crippen molar-refractivity contribution >= 4 is 17.5 Å². The molecule has 0 radical (unpaired) electrons. The Morgan fingerprint density at radius 1 is 1.25 bits per heavy atom. The van der Waals surface area contributed by atoms with Crippen molar-refractivity contribution in [3.8, 4) is 0 Å². The van der Waals surface area contributed by atoms with Gasteiger partial charge in [-0.15, -0.1) is 0 Å². The molecule has 2 aliphatic heterocycles. The number of amides is 2. The van der Waals surface area contributed by atoms with E-state index in [2.05, 4.69) is 5.32 Å². The number of carbonyl (C=O) groups is 2.